The highest BCUT2D eigenvalue weighted by Crippen LogP contribution is 2.48. The van der Waals surface area contributed by atoms with Crippen LogP contribution in [0.25, 0.3) is 33.1 Å². The number of anilines is 1. The van der Waals surface area contributed by atoms with Crippen molar-refractivity contribution in [1.29, 1.82) is 0 Å². The van der Waals surface area contributed by atoms with Crippen LogP contribution in [0.5, 0.6) is 0 Å². The molecule has 13 heteroatoms. The number of nitrogens with one attached hydrogen (secondary N) is 1. The van der Waals surface area contributed by atoms with Crippen LogP contribution >= 0.6 is 23.1 Å². The molecule has 10 nitrogen and oxygen atoms in total. The van der Waals surface area contributed by atoms with Crippen molar-refractivity contribution in [2.75, 3.05) is 11.9 Å². The Morgan fingerprint density at radius 3 is 2.09 bits per heavy atom. The number of aromatic nitrogens is 7. The van der Waals surface area contributed by atoms with E-state index in [1.807, 2.05) is 60.8 Å². The Balaban J connectivity index is 1.29. The molecule has 10 rings (SSSR count). The van der Waals surface area contributed by atoms with Gasteiger partial charge >= 0.3 is 5.97 Å². The van der Waals surface area contributed by atoms with Gasteiger partial charge in [0, 0.05) is 12.2 Å². The van der Waals surface area contributed by atoms with E-state index in [1.165, 1.54) is 12.4 Å². The molecule has 276 valence electrons. The lowest BCUT2D eigenvalue weighted by Crippen LogP contribution is -2.52. The molecule has 0 unspecified atom stereocenters. The molecule has 0 saturated heterocycles. The lowest BCUT2D eigenvalue weighted by molar-refractivity contribution is -0.154. The summed E-state index contributed by atoms with van der Waals surface area (Å²) >= 11 is 7.64. The topological polar surface area (TPSA) is 121 Å². The summed E-state index contributed by atoms with van der Waals surface area (Å²) in [5.74, 6) is -0.856. The number of benzene rings is 3. The Labute approximate surface area is 326 Å². The lowest BCUT2D eigenvalue weighted by Gasteiger charge is -2.47. The van der Waals surface area contributed by atoms with Crippen molar-refractivity contribution in [2.24, 2.45) is 17.8 Å². The van der Waals surface area contributed by atoms with Crippen molar-refractivity contribution in [3.05, 3.63) is 137 Å². The van der Waals surface area contributed by atoms with Crippen LogP contribution in [0.3, 0.4) is 0 Å². The van der Waals surface area contributed by atoms with E-state index in [0.29, 0.717) is 21.6 Å². The Bertz CT molecular complexity index is 2360. The maximum Gasteiger partial charge on any atom is 0.311 e. The van der Waals surface area contributed by atoms with Crippen LogP contribution < -0.4 is 5.32 Å². The van der Waals surface area contributed by atoms with Crippen molar-refractivity contribution < 1.29 is 13.9 Å². The fraction of sp³-hybridized carbons (Fsp3) is 0.262. The minimum Gasteiger partial charge on any atom is -0.466 e. The molecular formula is C42H36ClFN8O2S. The molecule has 3 aromatic carbocycles. The second kappa shape index (κ2) is 14.6. The number of carbonyl (C=O) groups excluding carboxylic acids is 1. The molecule has 2 atom stereocenters. The van der Waals surface area contributed by atoms with Gasteiger partial charge in [-0.3, -0.25) is 4.79 Å². The van der Waals surface area contributed by atoms with Crippen LogP contribution in [-0.4, -0.2) is 52.7 Å². The van der Waals surface area contributed by atoms with Crippen molar-refractivity contribution >= 4 is 46.1 Å². The van der Waals surface area contributed by atoms with Crippen LogP contribution in [0, 0.1) is 23.6 Å². The second-order valence-corrected chi connectivity index (χ2v) is 15.2. The number of esters is 1. The molecule has 3 saturated carbocycles. The van der Waals surface area contributed by atoms with Crippen LogP contribution in [0.4, 0.5) is 10.2 Å². The van der Waals surface area contributed by atoms with Crippen molar-refractivity contribution in [1.82, 2.24) is 34.1 Å². The van der Waals surface area contributed by atoms with Gasteiger partial charge in [0.25, 0.3) is 0 Å². The third kappa shape index (κ3) is 6.04. The average Bonchev–Trinajstić information content (AvgIpc) is 3.90. The van der Waals surface area contributed by atoms with Gasteiger partial charge in [0.15, 0.2) is 23.1 Å². The zero-order valence-electron chi connectivity index (χ0n) is 29.8. The summed E-state index contributed by atoms with van der Waals surface area (Å²) in [4.78, 5) is 33.3. The number of carbonyl (C=O) groups is 1. The number of hydrogen-bond acceptors (Lipinski definition) is 10. The first-order chi connectivity index (χ1) is 27.0. The van der Waals surface area contributed by atoms with E-state index in [4.69, 9.17) is 36.3 Å². The highest BCUT2D eigenvalue weighted by atomic mass is 35.5. The first kappa shape index (κ1) is 35.1. The molecule has 3 fully saturated rings. The molecule has 7 aromatic rings. The minimum absolute atomic E-state index is 0.0171. The quantitative estimate of drug-likeness (QED) is 0.107. The first-order valence-electron chi connectivity index (χ1n) is 18.5. The average molecular weight is 771 g/mol. The van der Waals surface area contributed by atoms with Crippen molar-refractivity contribution in [3.8, 4) is 22.0 Å². The van der Waals surface area contributed by atoms with Crippen LogP contribution in [0.15, 0.2) is 110 Å². The molecule has 0 amide bonds. The van der Waals surface area contributed by atoms with Gasteiger partial charge in [-0.2, -0.15) is 0 Å². The molecular weight excluding hydrogens is 735 g/mol. The molecule has 4 aromatic heterocycles. The zero-order valence-corrected chi connectivity index (χ0v) is 31.4. The van der Waals surface area contributed by atoms with Gasteiger partial charge in [-0.1, -0.05) is 107 Å². The molecule has 0 aliphatic heterocycles. The molecule has 2 bridgehead atoms. The fourth-order valence-corrected chi connectivity index (χ4v) is 9.47. The highest BCUT2D eigenvalue weighted by molar-refractivity contribution is 7.09. The van der Waals surface area contributed by atoms with Gasteiger partial charge in [0.2, 0.25) is 0 Å². The Hall–Kier alpha value is -5.59. The van der Waals surface area contributed by atoms with Crippen molar-refractivity contribution in [2.45, 2.75) is 44.2 Å². The van der Waals surface area contributed by atoms with E-state index in [0.717, 1.165) is 53.9 Å². The van der Waals surface area contributed by atoms with E-state index >= 15 is 4.39 Å². The number of rotatable bonds is 10. The first-order valence-corrected chi connectivity index (χ1v) is 19.6. The van der Waals surface area contributed by atoms with Crippen LogP contribution in [-0.2, 0) is 15.1 Å². The Morgan fingerprint density at radius 1 is 0.891 bits per heavy atom. The van der Waals surface area contributed by atoms with Gasteiger partial charge < -0.3 is 14.6 Å². The summed E-state index contributed by atoms with van der Waals surface area (Å²) in [6, 6.07) is 30.3. The predicted octanol–water partition coefficient (Wildman–Crippen LogP) is 8.82. The number of hydrogen-bond donors (Lipinski definition) is 1. The molecule has 0 spiro atoms. The van der Waals surface area contributed by atoms with Gasteiger partial charge in [-0.15, -0.1) is 5.10 Å². The predicted molar refractivity (Wildman–Crippen MR) is 210 cm³/mol. The third-order valence-electron chi connectivity index (χ3n) is 11.2. The molecule has 1 N–H and O–H groups in total. The third-order valence-corrected chi connectivity index (χ3v) is 12.0. The van der Waals surface area contributed by atoms with Gasteiger partial charge in [0.1, 0.15) is 21.9 Å². The van der Waals surface area contributed by atoms with E-state index in [2.05, 4.69) is 55.9 Å². The lowest BCUT2D eigenvalue weighted by atomic mass is 9.61. The summed E-state index contributed by atoms with van der Waals surface area (Å²) in [6.45, 7) is 2.08. The fourth-order valence-electron chi connectivity index (χ4n) is 8.83. The van der Waals surface area contributed by atoms with Crippen molar-refractivity contribution in [3.63, 3.8) is 0 Å². The van der Waals surface area contributed by atoms with Crippen LogP contribution in [0.2, 0.25) is 5.15 Å². The van der Waals surface area contributed by atoms with Gasteiger partial charge in [0.05, 0.1) is 35.4 Å². The standard InChI is InChI=1S/C42H36ClFN8O2S/c1-2-54-41(53)33-25-18-20-26(21-19-25)35(33)48-39-34(44)37(31-22-46-51-55-31)49-38(50-39)30-24-52(40-36(30)47-32(43)23-45-40)42(27-12-6-3-7-13-27,28-14-8-4-9-15-28)29-16-10-5-11-17-29/h3-17,22-26,33,35H,2,18-21H2,1H3,(H,48,49,50)/t25?,26?,33-,35-/m0/s1. The number of ether oxygens (including phenoxy) is 1. The Kier molecular flexibility index (Phi) is 9.31. The number of nitrogens with zero attached hydrogens (tertiary/aromatic N) is 7. The maximum atomic E-state index is 16.8. The summed E-state index contributed by atoms with van der Waals surface area (Å²) in [6.07, 6.45) is 8.69. The number of halogens is 2. The van der Waals surface area contributed by atoms with E-state index in [-0.39, 0.29) is 52.9 Å². The molecule has 3 aliphatic rings. The largest absolute Gasteiger partial charge is 0.466 e. The van der Waals surface area contributed by atoms with Crippen LogP contribution in [0.1, 0.15) is 49.3 Å². The van der Waals surface area contributed by atoms with Gasteiger partial charge in [-0.05, 0) is 72.7 Å². The summed E-state index contributed by atoms with van der Waals surface area (Å²) in [5.41, 5.74) is 3.45. The zero-order chi connectivity index (χ0) is 37.5. The molecule has 3 aliphatic carbocycles. The molecule has 55 heavy (non-hydrogen) atoms. The second-order valence-electron chi connectivity index (χ2n) is 14.0. The van der Waals surface area contributed by atoms with E-state index < -0.39 is 17.3 Å². The normalized spacial score (nSPS) is 19.4. The van der Waals surface area contributed by atoms with E-state index in [1.54, 1.807) is 6.92 Å². The maximum absolute atomic E-state index is 16.8. The monoisotopic (exact) mass is 770 g/mol. The highest BCUT2D eigenvalue weighted by Gasteiger charge is 2.48. The number of fused-ring (bicyclic) bond motifs is 4. The summed E-state index contributed by atoms with van der Waals surface area (Å²) < 4.78 is 28.5. The summed E-state index contributed by atoms with van der Waals surface area (Å²) in [7, 11) is 0. The Morgan fingerprint density at radius 2 is 1.51 bits per heavy atom. The smallest absolute Gasteiger partial charge is 0.311 e. The van der Waals surface area contributed by atoms with Gasteiger partial charge in [-0.25, -0.2) is 24.3 Å². The molecule has 0 radical (unpaired) electrons. The summed E-state index contributed by atoms with van der Waals surface area (Å²) in [5, 5.41) is 7.59. The molecule has 4 heterocycles. The minimum atomic E-state index is -0.956. The van der Waals surface area contributed by atoms with E-state index in [9.17, 15) is 4.79 Å². The SMILES string of the molecule is CCOC(=O)[C@H]1C2CCC(CC2)[C@@H]1Nc1nc(-c2cn(C(c3ccccc3)(c3ccccc3)c3ccccc3)c3ncc(Cl)nc23)nc(-c2cnns2)c1F.